The summed E-state index contributed by atoms with van der Waals surface area (Å²) in [6.45, 7) is 0. The molecule has 5 heteroatoms. The molecule has 0 amide bonds. The van der Waals surface area contributed by atoms with E-state index < -0.39 is 0 Å². The standard InChI is InChI=1S/C13H15N3O2/c1-18-13-7-12(10(14)6-11(13)15)16-8-2-4-9(17)5-3-8/h2-7,16-17H,14-15H2,1H3. The van der Waals surface area contributed by atoms with E-state index in [1.54, 1.807) is 43.5 Å². The highest BCUT2D eigenvalue weighted by atomic mass is 16.5. The van der Waals surface area contributed by atoms with E-state index in [2.05, 4.69) is 5.32 Å². The molecule has 2 aromatic rings. The minimum atomic E-state index is 0.211. The van der Waals surface area contributed by atoms with Crippen molar-refractivity contribution in [3.05, 3.63) is 36.4 Å². The molecule has 2 aromatic carbocycles. The third kappa shape index (κ3) is 2.40. The van der Waals surface area contributed by atoms with Crippen molar-refractivity contribution in [2.45, 2.75) is 0 Å². The summed E-state index contributed by atoms with van der Waals surface area (Å²) in [6, 6.07) is 10.1. The van der Waals surface area contributed by atoms with Crippen LogP contribution in [0.1, 0.15) is 0 Å². The number of phenolic OH excluding ortho intramolecular Hbond substituents is 1. The van der Waals surface area contributed by atoms with Gasteiger partial charge in [0.1, 0.15) is 11.5 Å². The second-order valence-corrected chi connectivity index (χ2v) is 3.85. The molecule has 0 radical (unpaired) electrons. The Labute approximate surface area is 105 Å². The fourth-order valence-corrected chi connectivity index (χ4v) is 1.60. The van der Waals surface area contributed by atoms with Crippen LogP contribution < -0.4 is 21.5 Å². The van der Waals surface area contributed by atoms with Crippen molar-refractivity contribution < 1.29 is 9.84 Å². The number of nitrogens with one attached hydrogen (secondary N) is 1. The molecule has 18 heavy (non-hydrogen) atoms. The van der Waals surface area contributed by atoms with Gasteiger partial charge in [0.15, 0.2) is 0 Å². The third-order valence-electron chi connectivity index (χ3n) is 2.55. The van der Waals surface area contributed by atoms with Gasteiger partial charge in [0, 0.05) is 11.8 Å². The average Bonchev–Trinajstić information content (AvgIpc) is 2.35. The molecule has 0 aromatic heterocycles. The molecular weight excluding hydrogens is 230 g/mol. The van der Waals surface area contributed by atoms with Crippen molar-refractivity contribution in [3.8, 4) is 11.5 Å². The maximum absolute atomic E-state index is 9.21. The average molecular weight is 245 g/mol. The smallest absolute Gasteiger partial charge is 0.143 e. The van der Waals surface area contributed by atoms with Crippen molar-refractivity contribution in [1.82, 2.24) is 0 Å². The highest BCUT2D eigenvalue weighted by Gasteiger charge is 2.06. The molecule has 0 bridgehead atoms. The molecule has 6 N–H and O–H groups in total. The largest absolute Gasteiger partial charge is 0.508 e. The number of rotatable bonds is 3. The zero-order valence-corrected chi connectivity index (χ0v) is 9.97. The molecule has 0 spiro atoms. The van der Waals surface area contributed by atoms with Gasteiger partial charge in [-0.3, -0.25) is 0 Å². The lowest BCUT2D eigenvalue weighted by atomic mass is 10.2. The number of hydrogen-bond donors (Lipinski definition) is 4. The number of nitrogens with two attached hydrogens (primary N) is 2. The van der Waals surface area contributed by atoms with Crippen molar-refractivity contribution in [2.24, 2.45) is 0 Å². The lowest BCUT2D eigenvalue weighted by Gasteiger charge is -2.13. The molecule has 0 unspecified atom stereocenters. The summed E-state index contributed by atoms with van der Waals surface area (Å²) >= 11 is 0. The van der Waals surface area contributed by atoms with Gasteiger partial charge in [0.2, 0.25) is 0 Å². The third-order valence-corrected chi connectivity index (χ3v) is 2.55. The van der Waals surface area contributed by atoms with Crippen molar-refractivity contribution >= 4 is 22.7 Å². The van der Waals surface area contributed by atoms with Crippen LogP contribution in [0.5, 0.6) is 11.5 Å². The van der Waals surface area contributed by atoms with E-state index in [4.69, 9.17) is 16.2 Å². The Bertz CT molecular complexity index is 553. The Hall–Kier alpha value is -2.56. The monoisotopic (exact) mass is 245 g/mol. The summed E-state index contributed by atoms with van der Waals surface area (Å²) in [5.74, 6) is 0.772. The van der Waals surface area contributed by atoms with Crippen LogP contribution in [0.25, 0.3) is 0 Å². The van der Waals surface area contributed by atoms with Crippen LogP contribution in [0, 0.1) is 0 Å². The van der Waals surface area contributed by atoms with Gasteiger partial charge in [-0.25, -0.2) is 0 Å². The molecule has 0 atom stereocenters. The first-order valence-corrected chi connectivity index (χ1v) is 5.39. The van der Waals surface area contributed by atoms with Gasteiger partial charge in [-0.15, -0.1) is 0 Å². The molecule has 0 saturated heterocycles. The predicted molar refractivity (Wildman–Crippen MR) is 73.2 cm³/mol. The summed E-state index contributed by atoms with van der Waals surface area (Å²) in [5.41, 5.74) is 14.2. The van der Waals surface area contributed by atoms with Gasteiger partial charge in [0.25, 0.3) is 0 Å². The topological polar surface area (TPSA) is 93.5 Å². The van der Waals surface area contributed by atoms with Crippen LogP contribution in [-0.2, 0) is 0 Å². The Morgan fingerprint density at radius 3 is 2.33 bits per heavy atom. The Morgan fingerprint density at radius 2 is 1.72 bits per heavy atom. The van der Waals surface area contributed by atoms with E-state index in [0.29, 0.717) is 22.8 Å². The second kappa shape index (κ2) is 4.75. The van der Waals surface area contributed by atoms with E-state index in [-0.39, 0.29) is 5.75 Å². The van der Waals surface area contributed by atoms with Crippen LogP contribution in [0.3, 0.4) is 0 Å². The lowest BCUT2D eigenvalue weighted by Crippen LogP contribution is -2.00. The summed E-state index contributed by atoms with van der Waals surface area (Å²) < 4.78 is 5.14. The van der Waals surface area contributed by atoms with E-state index in [1.807, 2.05) is 0 Å². The molecule has 0 heterocycles. The van der Waals surface area contributed by atoms with Gasteiger partial charge in [-0.2, -0.15) is 0 Å². The molecule has 2 rings (SSSR count). The summed E-state index contributed by atoms with van der Waals surface area (Å²) in [7, 11) is 1.55. The first-order valence-electron chi connectivity index (χ1n) is 5.39. The summed E-state index contributed by atoms with van der Waals surface area (Å²) in [5, 5.41) is 12.3. The lowest BCUT2D eigenvalue weighted by molar-refractivity contribution is 0.417. The zero-order chi connectivity index (χ0) is 13.1. The number of benzene rings is 2. The maximum atomic E-state index is 9.21. The molecule has 0 saturated carbocycles. The molecule has 0 aliphatic carbocycles. The van der Waals surface area contributed by atoms with Crippen LogP contribution in [0.15, 0.2) is 36.4 Å². The van der Waals surface area contributed by atoms with Crippen molar-refractivity contribution in [1.29, 1.82) is 0 Å². The Morgan fingerprint density at radius 1 is 1.06 bits per heavy atom. The molecule has 0 fully saturated rings. The number of aromatic hydroxyl groups is 1. The number of phenols is 1. The number of anilines is 4. The highest BCUT2D eigenvalue weighted by molar-refractivity contribution is 5.79. The van der Waals surface area contributed by atoms with Crippen LogP contribution in [0.4, 0.5) is 22.7 Å². The molecule has 0 aliphatic rings. The van der Waals surface area contributed by atoms with Gasteiger partial charge in [-0.05, 0) is 30.3 Å². The summed E-state index contributed by atoms with van der Waals surface area (Å²) in [6.07, 6.45) is 0. The van der Waals surface area contributed by atoms with E-state index >= 15 is 0 Å². The fourth-order valence-electron chi connectivity index (χ4n) is 1.60. The highest BCUT2D eigenvalue weighted by Crippen LogP contribution is 2.33. The molecular formula is C13H15N3O2. The van der Waals surface area contributed by atoms with Gasteiger partial charge in [0.05, 0.1) is 24.2 Å². The van der Waals surface area contributed by atoms with E-state index in [9.17, 15) is 5.11 Å². The fraction of sp³-hybridized carbons (Fsp3) is 0.0769. The first-order chi connectivity index (χ1) is 8.60. The quantitative estimate of drug-likeness (QED) is 0.492. The Balaban J connectivity index is 2.31. The zero-order valence-electron chi connectivity index (χ0n) is 9.97. The van der Waals surface area contributed by atoms with Gasteiger partial charge >= 0.3 is 0 Å². The van der Waals surface area contributed by atoms with Crippen molar-refractivity contribution in [2.75, 3.05) is 23.9 Å². The van der Waals surface area contributed by atoms with Crippen LogP contribution in [0.2, 0.25) is 0 Å². The normalized spacial score (nSPS) is 10.1. The number of nitrogen functional groups attached to an aromatic ring is 2. The van der Waals surface area contributed by atoms with Gasteiger partial charge < -0.3 is 26.6 Å². The molecule has 5 nitrogen and oxygen atoms in total. The summed E-state index contributed by atoms with van der Waals surface area (Å²) in [4.78, 5) is 0. The number of methoxy groups -OCH3 is 1. The molecule has 94 valence electrons. The van der Waals surface area contributed by atoms with E-state index in [0.717, 1.165) is 5.69 Å². The minimum Gasteiger partial charge on any atom is -0.508 e. The van der Waals surface area contributed by atoms with E-state index in [1.165, 1.54) is 0 Å². The Kier molecular flexibility index (Phi) is 3.14. The number of hydrogen-bond acceptors (Lipinski definition) is 5. The first kappa shape index (κ1) is 11.9. The van der Waals surface area contributed by atoms with Crippen LogP contribution >= 0.6 is 0 Å². The second-order valence-electron chi connectivity index (χ2n) is 3.85. The van der Waals surface area contributed by atoms with Gasteiger partial charge in [-0.1, -0.05) is 0 Å². The molecule has 0 aliphatic heterocycles. The SMILES string of the molecule is COc1cc(Nc2ccc(O)cc2)c(N)cc1N. The predicted octanol–water partition coefficient (Wildman–Crippen LogP) is 2.31. The van der Waals surface area contributed by atoms with Crippen LogP contribution in [-0.4, -0.2) is 12.2 Å². The number of ether oxygens (including phenoxy) is 1. The maximum Gasteiger partial charge on any atom is 0.143 e. The minimum absolute atomic E-state index is 0.211. The van der Waals surface area contributed by atoms with Crippen molar-refractivity contribution in [3.63, 3.8) is 0 Å².